The van der Waals surface area contributed by atoms with Crippen molar-refractivity contribution in [2.24, 2.45) is 0 Å². The monoisotopic (exact) mass is 359 g/mol. The number of carbonyl (C=O) groups is 1. The molecule has 0 radical (unpaired) electrons. The van der Waals surface area contributed by atoms with Gasteiger partial charge in [0.05, 0.1) is 12.0 Å². The highest BCUT2D eigenvalue weighted by molar-refractivity contribution is 5.97. The number of hydrogen-bond acceptors (Lipinski definition) is 6. The lowest BCUT2D eigenvalue weighted by atomic mass is 10.1. The van der Waals surface area contributed by atoms with E-state index in [1.807, 2.05) is 6.07 Å². The molecule has 1 aromatic carbocycles. The quantitative estimate of drug-likeness (QED) is 0.642. The SMILES string of the molecule is COc1n[nH]c(C(=O)N2CCN(Cc3cccc(C)c3)CC2)c1[N+](=O)[O-]. The fourth-order valence-corrected chi connectivity index (χ4v) is 3.12. The first-order valence-electron chi connectivity index (χ1n) is 8.33. The number of amides is 1. The van der Waals surface area contributed by atoms with Crippen LogP contribution in [0.2, 0.25) is 0 Å². The molecule has 1 aliphatic heterocycles. The van der Waals surface area contributed by atoms with Gasteiger partial charge in [0.2, 0.25) is 5.69 Å². The van der Waals surface area contributed by atoms with Crippen molar-refractivity contribution in [2.75, 3.05) is 33.3 Å². The number of rotatable bonds is 5. The summed E-state index contributed by atoms with van der Waals surface area (Å²) in [6, 6.07) is 8.34. The molecule has 138 valence electrons. The topological polar surface area (TPSA) is 105 Å². The average molecular weight is 359 g/mol. The molecule has 1 aliphatic rings. The summed E-state index contributed by atoms with van der Waals surface area (Å²) in [4.78, 5) is 27.1. The van der Waals surface area contributed by atoms with Gasteiger partial charge in [-0.3, -0.25) is 24.9 Å². The van der Waals surface area contributed by atoms with Crippen LogP contribution in [0.1, 0.15) is 21.6 Å². The van der Waals surface area contributed by atoms with Gasteiger partial charge in [-0.15, -0.1) is 5.10 Å². The van der Waals surface area contributed by atoms with E-state index in [4.69, 9.17) is 4.74 Å². The number of methoxy groups -OCH3 is 1. The number of nitrogens with zero attached hydrogens (tertiary/aromatic N) is 4. The lowest BCUT2D eigenvalue weighted by Crippen LogP contribution is -2.48. The van der Waals surface area contributed by atoms with Crippen LogP contribution < -0.4 is 4.74 Å². The molecule has 0 bridgehead atoms. The summed E-state index contributed by atoms with van der Waals surface area (Å²) in [7, 11) is 1.28. The zero-order valence-electron chi connectivity index (χ0n) is 14.8. The third-order valence-electron chi connectivity index (χ3n) is 4.45. The minimum atomic E-state index is -0.649. The van der Waals surface area contributed by atoms with Crippen molar-refractivity contribution in [1.29, 1.82) is 0 Å². The summed E-state index contributed by atoms with van der Waals surface area (Å²) in [5, 5.41) is 17.4. The van der Waals surface area contributed by atoms with Gasteiger partial charge in [-0.05, 0) is 12.5 Å². The van der Waals surface area contributed by atoms with E-state index in [9.17, 15) is 14.9 Å². The lowest BCUT2D eigenvalue weighted by molar-refractivity contribution is -0.386. The van der Waals surface area contributed by atoms with E-state index < -0.39 is 16.5 Å². The van der Waals surface area contributed by atoms with E-state index in [2.05, 4.69) is 40.2 Å². The number of H-pyrrole nitrogens is 1. The van der Waals surface area contributed by atoms with Crippen molar-refractivity contribution < 1.29 is 14.5 Å². The summed E-state index contributed by atoms with van der Waals surface area (Å²) < 4.78 is 4.85. The summed E-state index contributed by atoms with van der Waals surface area (Å²) >= 11 is 0. The summed E-state index contributed by atoms with van der Waals surface area (Å²) in [6.07, 6.45) is 0. The van der Waals surface area contributed by atoms with Crippen LogP contribution in [0.4, 0.5) is 5.69 Å². The number of aromatic nitrogens is 2. The normalized spacial score (nSPS) is 15.1. The molecule has 9 nitrogen and oxygen atoms in total. The second-order valence-corrected chi connectivity index (χ2v) is 6.27. The van der Waals surface area contributed by atoms with Crippen LogP contribution in [-0.2, 0) is 6.54 Å². The van der Waals surface area contributed by atoms with Crippen molar-refractivity contribution in [3.8, 4) is 5.88 Å². The predicted octanol–water partition coefficient (Wildman–Crippen LogP) is 1.59. The van der Waals surface area contributed by atoms with Gasteiger partial charge >= 0.3 is 11.6 Å². The minimum Gasteiger partial charge on any atom is -0.475 e. The molecule has 1 aromatic heterocycles. The molecule has 9 heteroatoms. The summed E-state index contributed by atoms with van der Waals surface area (Å²) in [5.41, 5.74) is 1.90. The number of hydrogen-bond donors (Lipinski definition) is 1. The zero-order chi connectivity index (χ0) is 18.7. The molecule has 0 unspecified atom stereocenters. The van der Waals surface area contributed by atoms with Crippen molar-refractivity contribution in [3.63, 3.8) is 0 Å². The van der Waals surface area contributed by atoms with Gasteiger partial charge in [-0.25, -0.2) is 0 Å². The van der Waals surface area contributed by atoms with Crippen LogP contribution in [0.5, 0.6) is 5.88 Å². The highest BCUT2D eigenvalue weighted by Crippen LogP contribution is 2.28. The van der Waals surface area contributed by atoms with Crippen molar-refractivity contribution in [3.05, 3.63) is 51.2 Å². The average Bonchev–Trinajstić information content (AvgIpc) is 3.06. The first kappa shape index (κ1) is 17.9. The Balaban J connectivity index is 1.64. The minimum absolute atomic E-state index is 0.140. The van der Waals surface area contributed by atoms with E-state index in [0.29, 0.717) is 26.2 Å². The van der Waals surface area contributed by atoms with Gasteiger partial charge in [0, 0.05) is 32.7 Å². The van der Waals surface area contributed by atoms with E-state index in [1.54, 1.807) is 4.90 Å². The van der Waals surface area contributed by atoms with Gasteiger partial charge < -0.3 is 9.64 Å². The van der Waals surface area contributed by atoms with Crippen molar-refractivity contribution >= 4 is 11.6 Å². The number of nitro groups is 1. The molecule has 2 aromatic rings. The molecule has 1 N–H and O–H groups in total. The molecule has 0 spiro atoms. The molecule has 0 atom stereocenters. The third kappa shape index (κ3) is 3.67. The predicted molar refractivity (Wildman–Crippen MR) is 94.2 cm³/mol. The number of ether oxygens (including phenoxy) is 1. The highest BCUT2D eigenvalue weighted by Gasteiger charge is 2.33. The van der Waals surface area contributed by atoms with Gasteiger partial charge in [-0.2, -0.15) is 0 Å². The van der Waals surface area contributed by atoms with Crippen LogP contribution in [0.25, 0.3) is 0 Å². The number of piperazine rings is 1. The molecular weight excluding hydrogens is 338 g/mol. The fourth-order valence-electron chi connectivity index (χ4n) is 3.12. The summed E-state index contributed by atoms with van der Waals surface area (Å²) in [5.74, 6) is -0.612. The fraction of sp³-hybridized carbons (Fsp3) is 0.412. The van der Waals surface area contributed by atoms with Gasteiger partial charge in [0.15, 0.2) is 0 Å². The maximum absolute atomic E-state index is 12.6. The second kappa shape index (κ2) is 7.52. The van der Waals surface area contributed by atoms with Crippen molar-refractivity contribution in [2.45, 2.75) is 13.5 Å². The molecule has 2 heterocycles. The Morgan fingerprint density at radius 3 is 2.69 bits per heavy atom. The first-order valence-corrected chi connectivity index (χ1v) is 8.33. The number of aryl methyl sites for hydroxylation is 1. The Kier molecular flexibility index (Phi) is 5.17. The van der Waals surface area contributed by atoms with E-state index >= 15 is 0 Å². The highest BCUT2D eigenvalue weighted by atomic mass is 16.6. The third-order valence-corrected chi connectivity index (χ3v) is 4.45. The Morgan fingerprint density at radius 2 is 2.08 bits per heavy atom. The molecule has 0 aliphatic carbocycles. The van der Waals surface area contributed by atoms with Crippen molar-refractivity contribution in [1.82, 2.24) is 20.0 Å². The van der Waals surface area contributed by atoms with Crippen LogP contribution >= 0.6 is 0 Å². The Hall–Kier alpha value is -2.94. The number of carbonyl (C=O) groups excluding carboxylic acids is 1. The van der Waals surface area contributed by atoms with Crippen LogP contribution in [0.15, 0.2) is 24.3 Å². The zero-order valence-corrected chi connectivity index (χ0v) is 14.8. The largest absolute Gasteiger partial charge is 0.475 e. The Morgan fingerprint density at radius 1 is 1.35 bits per heavy atom. The molecular formula is C17H21N5O4. The lowest BCUT2D eigenvalue weighted by Gasteiger charge is -2.34. The van der Waals surface area contributed by atoms with Gasteiger partial charge in [0.25, 0.3) is 5.91 Å². The van der Waals surface area contributed by atoms with E-state index in [0.717, 1.165) is 6.54 Å². The molecule has 1 fully saturated rings. The Bertz CT molecular complexity index is 811. The van der Waals surface area contributed by atoms with Crippen LogP contribution in [0, 0.1) is 17.0 Å². The molecule has 1 amide bonds. The van der Waals surface area contributed by atoms with Crippen LogP contribution in [-0.4, -0.2) is 64.1 Å². The maximum Gasteiger partial charge on any atom is 0.362 e. The first-order chi connectivity index (χ1) is 12.5. The van der Waals surface area contributed by atoms with Gasteiger partial charge in [0.1, 0.15) is 0 Å². The Labute approximate surface area is 150 Å². The second-order valence-electron chi connectivity index (χ2n) is 6.27. The number of benzene rings is 1. The molecule has 1 saturated heterocycles. The van der Waals surface area contributed by atoms with Crippen LogP contribution in [0.3, 0.4) is 0 Å². The number of aromatic amines is 1. The molecule has 0 saturated carbocycles. The molecule has 26 heavy (non-hydrogen) atoms. The standard InChI is InChI=1S/C17H21N5O4/c1-12-4-3-5-13(10-12)11-20-6-8-21(9-7-20)17(23)14-15(22(24)25)16(26-2)19-18-14/h3-5,10H,6-9,11H2,1-2H3,(H,18,19). The van der Waals surface area contributed by atoms with E-state index in [1.165, 1.54) is 18.2 Å². The summed E-state index contributed by atoms with van der Waals surface area (Å²) in [6.45, 7) is 5.30. The molecule has 3 rings (SSSR count). The van der Waals surface area contributed by atoms with E-state index in [-0.39, 0.29) is 11.6 Å². The smallest absolute Gasteiger partial charge is 0.362 e. The maximum atomic E-state index is 12.6. The van der Waals surface area contributed by atoms with Gasteiger partial charge in [-0.1, -0.05) is 29.8 Å². The number of nitrogens with one attached hydrogen (secondary N) is 1.